The van der Waals surface area contributed by atoms with Crippen LogP contribution in [-0.4, -0.2) is 61.0 Å². The first kappa shape index (κ1) is 18.1. The minimum Gasteiger partial charge on any atom is -0.497 e. The lowest BCUT2D eigenvalue weighted by Crippen LogP contribution is -2.37. The predicted molar refractivity (Wildman–Crippen MR) is 104 cm³/mol. The Hall–Kier alpha value is -3.33. The summed E-state index contributed by atoms with van der Waals surface area (Å²) in [6, 6.07) is 10.6. The lowest BCUT2D eigenvalue weighted by Gasteiger charge is -2.28. The van der Waals surface area contributed by atoms with E-state index in [1.165, 1.54) is 0 Å². The normalized spacial score (nSPS) is 14.1. The van der Waals surface area contributed by atoms with Crippen LogP contribution in [0.3, 0.4) is 0 Å². The first-order valence-corrected chi connectivity index (χ1v) is 8.91. The fourth-order valence-corrected chi connectivity index (χ4v) is 3.09. The van der Waals surface area contributed by atoms with Gasteiger partial charge in [-0.15, -0.1) is 5.10 Å². The van der Waals surface area contributed by atoms with Gasteiger partial charge in [0, 0.05) is 18.7 Å². The number of anilines is 2. The molecule has 0 atom stereocenters. The zero-order valence-electron chi connectivity index (χ0n) is 15.7. The van der Waals surface area contributed by atoms with Crippen molar-refractivity contribution in [1.82, 2.24) is 14.6 Å². The fourth-order valence-electron chi connectivity index (χ4n) is 3.09. The first-order valence-electron chi connectivity index (χ1n) is 8.91. The molecule has 9 nitrogen and oxygen atoms in total. The van der Waals surface area contributed by atoms with Gasteiger partial charge in [0.25, 0.3) is 5.91 Å². The van der Waals surface area contributed by atoms with Crippen molar-refractivity contribution in [3.8, 4) is 11.5 Å². The van der Waals surface area contributed by atoms with Gasteiger partial charge in [0.2, 0.25) is 11.6 Å². The second-order valence-electron chi connectivity index (χ2n) is 6.21. The van der Waals surface area contributed by atoms with Crippen molar-refractivity contribution in [3.05, 3.63) is 42.0 Å². The molecule has 1 aliphatic heterocycles. The van der Waals surface area contributed by atoms with Crippen molar-refractivity contribution in [2.24, 2.45) is 0 Å². The Morgan fingerprint density at radius 1 is 1.07 bits per heavy atom. The molecule has 0 radical (unpaired) electrons. The number of pyridine rings is 1. The van der Waals surface area contributed by atoms with Crippen molar-refractivity contribution >= 4 is 23.3 Å². The Kier molecular flexibility index (Phi) is 4.98. The Bertz CT molecular complexity index is 980. The summed E-state index contributed by atoms with van der Waals surface area (Å²) in [6.45, 7) is 2.83. The summed E-state index contributed by atoms with van der Waals surface area (Å²) >= 11 is 0. The monoisotopic (exact) mass is 383 g/mol. The minimum atomic E-state index is -0.301. The number of morpholine rings is 1. The summed E-state index contributed by atoms with van der Waals surface area (Å²) in [5.41, 5.74) is 1.02. The molecule has 0 saturated carbocycles. The number of fused-ring (bicyclic) bond motifs is 1. The molecule has 0 aliphatic carbocycles. The summed E-state index contributed by atoms with van der Waals surface area (Å²) < 4.78 is 17.6. The minimum absolute atomic E-state index is 0.208. The van der Waals surface area contributed by atoms with Gasteiger partial charge in [0.1, 0.15) is 11.6 Å². The molecule has 9 heteroatoms. The molecule has 146 valence electrons. The van der Waals surface area contributed by atoms with Crippen LogP contribution in [-0.2, 0) is 4.74 Å². The summed E-state index contributed by atoms with van der Waals surface area (Å²) in [6.07, 6.45) is 0. The van der Waals surface area contributed by atoms with E-state index in [0.717, 1.165) is 18.9 Å². The van der Waals surface area contributed by atoms with Crippen molar-refractivity contribution in [2.45, 2.75) is 0 Å². The van der Waals surface area contributed by atoms with E-state index in [-0.39, 0.29) is 11.9 Å². The van der Waals surface area contributed by atoms with Gasteiger partial charge >= 0.3 is 0 Å². The van der Waals surface area contributed by atoms with Gasteiger partial charge in [0.15, 0.2) is 5.75 Å². The molecule has 1 aliphatic rings. The van der Waals surface area contributed by atoms with Crippen molar-refractivity contribution in [1.29, 1.82) is 0 Å². The number of carbonyl (C=O) groups is 1. The van der Waals surface area contributed by atoms with Crippen LogP contribution in [0.1, 0.15) is 10.4 Å². The molecule has 1 fully saturated rings. The Morgan fingerprint density at radius 3 is 2.50 bits per heavy atom. The summed E-state index contributed by atoms with van der Waals surface area (Å²) in [7, 11) is 3.16. The molecule has 0 bridgehead atoms. The van der Waals surface area contributed by atoms with Crippen LogP contribution in [0.15, 0.2) is 36.4 Å². The van der Waals surface area contributed by atoms with E-state index < -0.39 is 0 Å². The molecule has 2 aromatic heterocycles. The van der Waals surface area contributed by atoms with Gasteiger partial charge < -0.3 is 19.1 Å². The van der Waals surface area contributed by atoms with Crippen LogP contribution < -0.4 is 19.7 Å². The number of ether oxygens (including phenoxy) is 3. The van der Waals surface area contributed by atoms with E-state index in [2.05, 4.69) is 20.3 Å². The highest BCUT2D eigenvalue weighted by molar-refractivity contribution is 6.03. The number of carbonyl (C=O) groups excluding carboxylic acids is 1. The van der Waals surface area contributed by atoms with Crippen LogP contribution in [0.5, 0.6) is 11.5 Å². The zero-order chi connectivity index (χ0) is 19.5. The van der Waals surface area contributed by atoms with Crippen LogP contribution in [0, 0.1) is 0 Å². The molecule has 28 heavy (non-hydrogen) atoms. The highest BCUT2D eigenvalue weighted by Gasteiger charge is 2.19. The SMILES string of the molecule is COc1ccc(C(=O)Nc2nc3c(OC)ccc(N4CCOCC4)n3n2)cc1. The summed E-state index contributed by atoms with van der Waals surface area (Å²) in [5.74, 6) is 2.04. The lowest BCUT2D eigenvalue weighted by molar-refractivity contribution is 0.102. The molecule has 0 spiro atoms. The van der Waals surface area contributed by atoms with Gasteiger partial charge in [0.05, 0.1) is 27.4 Å². The van der Waals surface area contributed by atoms with E-state index in [4.69, 9.17) is 14.2 Å². The fraction of sp³-hybridized carbons (Fsp3) is 0.316. The third-order valence-electron chi connectivity index (χ3n) is 4.56. The molecule has 1 aromatic carbocycles. The third kappa shape index (κ3) is 3.44. The molecule has 3 aromatic rings. The maximum atomic E-state index is 12.5. The Balaban J connectivity index is 1.64. The molecule has 4 rings (SSSR count). The summed E-state index contributed by atoms with van der Waals surface area (Å²) in [5, 5.41) is 7.23. The average Bonchev–Trinajstić information content (AvgIpc) is 3.17. The molecule has 1 amide bonds. The molecular weight excluding hydrogens is 362 g/mol. The van der Waals surface area contributed by atoms with E-state index >= 15 is 0 Å². The number of aromatic nitrogens is 3. The second-order valence-corrected chi connectivity index (χ2v) is 6.21. The van der Waals surface area contributed by atoms with Crippen molar-refractivity contribution in [3.63, 3.8) is 0 Å². The van der Waals surface area contributed by atoms with E-state index in [9.17, 15) is 4.79 Å². The third-order valence-corrected chi connectivity index (χ3v) is 4.56. The number of hydrogen-bond acceptors (Lipinski definition) is 7. The zero-order valence-corrected chi connectivity index (χ0v) is 15.7. The first-order chi connectivity index (χ1) is 13.7. The quantitative estimate of drug-likeness (QED) is 0.719. The van der Waals surface area contributed by atoms with Crippen molar-refractivity contribution < 1.29 is 19.0 Å². The smallest absolute Gasteiger partial charge is 0.258 e. The molecule has 3 heterocycles. The number of amides is 1. The number of benzene rings is 1. The van der Waals surface area contributed by atoms with Gasteiger partial charge in [-0.25, -0.2) is 0 Å². The molecule has 0 unspecified atom stereocenters. The number of nitrogens with one attached hydrogen (secondary N) is 1. The Labute approximate surface area is 161 Å². The van der Waals surface area contributed by atoms with Crippen LogP contribution in [0.2, 0.25) is 0 Å². The van der Waals surface area contributed by atoms with Crippen molar-refractivity contribution in [2.75, 3.05) is 50.7 Å². The highest BCUT2D eigenvalue weighted by atomic mass is 16.5. The number of rotatable bonds is 5. The number of hydrogen-bond donors (Lipinski definition) is 1. The lowest BCUT2D eigenvalue weighted by atomic mass is 10.2. The summed E-state index contributed by atoms with van der Waals surface area (Å²) in [4.78, 5) is 19.1. The van der Waals surface area contributed by atoms with Gasteiger partial charge in [-0.1, -0.05) is 0 Å². The van der Waals surface area contributed by atoms with E-state index in [1.54, 1.807) is 43.0 Å². The second kappa shape index (κ2) is 7.73. The van der Waals surface area contributed by atoms with Gasteiger partial charge in [-0.2, -0.15) is 9.50 Å². The average molecular weight is 383 g/mol. The maximum Gasteiger partial charge on any atom is 0.258 e. The van der Waals surface area contributed by atoms with Crippen LogP contribution >= 0.6 is 0 Å². The Morgan fingerprint density at radius 2 is 1.82 bits per heavy atom. The maximum absolute atomic E-state index is 12.5. The largest absolute Gasteiger partial charge is 0.497 e. The standard InChI is InChI=1S/C19H21N5O4/c1-26-14-5-3-13(4-6-14)18(25)21-19-20-17-15(27-2)7-8-16(24(17)22-19)23-9-11-28-12-10-23/h3-8H,9-12H2,1-2H3,(H,21,22,25). The molecule has 1 saturated heterocycles. The molecule has 1 N–H and O–H groups in total. The van der Waals surface area contributed by atoms with Gasteiger partial charge in [-0.05, 0) is 36.4 Å². The van der Waals surface area contributed by atoms with Gasteiger partial charge in [-0.3, -0.25) is 10.1 Å². The topological polar surface area (TPSA) is 90.2 Å². The predicted octanol–water partition coefficient (Wildman–Crippen LogP) is 1.84. The number of nitrogens with zero attached hydrogens (tertiary/aromatic N) is 4. The van der Waals surface area contributed by atoms with Crippen LogP contribution in [0.25, 0.3) is 5.65 Å². The number of methoxy groups -OCH3 is 2. The van der Waals surface area contributed by atoms with Crippen LogP contribution in [0.4, 0.5) is 11.8 Å². The van der Waals surface area contributed by atoms with E-state index in [0.29, 0.717) is 35.9 Å². The van der Waals surface area contributed by atoms with E-state index in [1.807, 2.05) is 12.1 Å². The molecular formula is C19H21N5O4. The highest BCUT2D eigenvalue weighted by Crippen LogP contribution is 2.26.